The molecule has 2 aromatic heterocycles. The third kappa shape index (κ3) is 3.96. The number of ether oxygens (including phenoxy) is 1. The molecule has 0 saturated carbocycles. The first-order valence-corrected chi connectivity index (χ1v) is 13.5. The molecule has 4 aromatic rings. The van der Waals surface area contributed by atoms with Gasteiger partial charge in [0, 0.05) is 47.2 Å². The minimum atomic E-state index is -0.127. The maximum Gasteiger partial charge on any atom is 0.274 e. The predicted molar refractivity (Wildman–Crippen MR) is 143 cm³/mol. The molecule has 0 spiro atoms. The lowest BCUT2D eigenvalue weighted by atomic mass is 9.97. The van der Waals surface area contributed by atoms with E-state index in [-0.39, 0.29) is 17.6 Å². The van der Waals surface area contributed by atoms with Crippen LogP contribution in [-0.4, -0.2) is 59.6 Å². The van der Waals surface area contributed by atoms with Crippen molar-refractivity contribution < 1.29 is 14.6 Å². The number of fused-ring (bicyclic) bond motifs is 4. The van der Waals surface area contributed by atoms with Crippen molar-refractivity contribution in [3.63, 3.8) is 0 Å². The normalized spacial score (nSPS) is 18.1. The monoisotopic (exact) mass is 509 g/mol. The van der Waals surface area contributed by atoms with Crippen LogP contribution in [-0.2, 0) is 0 Å². The zero-order valence-electron chi connectivity index (χ0n) is 19.6. The van der Waals surface area contributed by atoms with Crippen molar-refractivity contribution in [3.05, 3.63) is 52.5 Å². The smallest absolute Gasteiger partial charge is 0.274 e. The maximum absolute atomic E-state index is 13.7. The van der Waals surface area contributed by atoms with Crippen LogP contribution in [0.4, 0.5) is 5.69 Å². The van der Waals surface area contributed by atoms with E-state index >= 15 is 0 Å². The average Bonchev–Trinajstić information content (AvgIpc) is 3.64. The summed E-state index contributed by atoms with van der Waals surface area (Å²) >= 11 is 7.88. The number of H-pyrrole nitrogens is 1. The molecular formula is C27H28ClN3O3S. The van der Waals surface area contributed by atoms with Gasteiger partial charge in [-0.05, 0) is 73.6 Å². The van der Waals surface area contributed by atoms with E-state index in [0.29, 0.717) is 24.7 Å². The van der Waals surface area contributed by atoms with Crippen LogP contribution in [0.25, 0.3) is 21.0 Å². The Balaban J connectivity index is 1.27. The van der Waals surface area contributed by atoms with Gasteiger partial charge in [0.25, 0.3) is 5.91 Å². The summed E-state index contributed by atoms with van der Waals surface area (Å²) in [7, 11) is 0. The van der Waals surface area contributed by atoms with Crippen LogP contribution in [0.1, 0.15) is 40.4 Å². The van der Waals surface area contributed by atoms with Gasteiger partial charge in [0.2, 0.25) is 0 Å². The second kappa shape index (κ2) is 9.04. The molecule has 182 valence electrons. The summed E-state index contributed by atoms with van der Waals surface area (Å²) in [4.78, 5) is 21.1. The van der Waals surface area contributed by atoms with Crippen LogP contribution in [0.2, 0.25) is 0 Å². The number of carbonyl (C=O) groups excluding carboxylic acids is 1. The van der Waals surface area contributed by atoms with E-state index in [2.05, 4.69) is 9.88 Å². The number of aromatic nitrogens is 1. The second-order valence-corrected chi connectivity index (χ2v) is 10.7. The first kappa shape index (κ1) is 22.7. The second-order valence-electron chi connectivity index (χ2n) is 9.55. The Hall–Kier alpha value is -2.74. The number of phenols is 1. The molecule has 2 aliphatic rings. The molecule has 0 bridgehead atoms. The predicted octanol–water partition coefficient (Wildman–Crippen LogP) is 5.85. The summed E-state index contributed by atoms with van der Waals surface area (Å²) < 4.78 is 6.84. The van der Waals surface area contributed by atoms with Gasteiger partial charge < -0.3 is 19.7 Å². The molecule has 0 radical (unpaired) electrons. The van der Waals surface area contributed by atoms with Crippen LogP contribution in [0, 0.1) is 6.92 Å². The molecule has 2 N–H and O–H groups in total. The van der Waals surface area contributed by atoms with Gasteiger partial charge >= 0.3 is 0 Å². The molecule has 1 fully saturated rings. The van der Waals surface area contributed by atoms with Crippen molar-refractivity contribution in [2.24, 2.45) is 0 Å². The zero-order chi connectivity index (χ0) is 24.1. The number of rotatable bonds is 6. The van der Waals surface area contributed by atoms with E-state index in [1.807, 2.05) is 36.6 Å². The van der Waals surface area contributed by atoms with E-state index in [1.165, 1.54) is 24.2 Å². The summed E-state index contributed by atoms with van der Waals surface area (Å²) in [6.07, 6.45) is 2.55. The van der Waals surface area contributed by atoms with Gasteiger partial charge in [0.05, 0.1) is 10.4 Å². The van der Waals surface area contributed by atoms with Gasteiger partial charge in [-0.3, -0.25) is 9.69 Å². The number of hydrogen-bond donors (Lipinski definition) is 2. The molecule has 8 heteroatoms. The van der Waals surface area contributed by atoms with Gasteiger partial charge in [-0.2, -0.15) is 0 Å². The maximum atomic E-state index is 13.7. The van der Waals surface area contributed by atoms with Gasteiger partial charge in [-0.25, -0.2) is 0 Å². The van der Waals surface area contributed by atoms with Crippen molar-refractivity contribution in [1.82, 2.24) is 9.88 Å². The third-order valence-electron chi connectivity index (χ3n) is 7.26. The highest BCUT2D eigenvalue weighted by Gasteiger charge is 2.36. The van der Waals surface area contributed by atoms with Crippen LogP contribution in [0.3, 0.4) is 0 Å². The highest BCUT2D eigenvalue weighted by molar-refractivity contribution is 7.17. The minimum absolute atomic E-state index is 0.0204. The van der Waals surface area contributed by atoms with Crippen molar-refractivity contribution in [3.8, 4) is 11.5 Å². The fourth-order valence-electron chi connectivity index (χ4n) is 5.49. The van der Waals surface area contributed by atoms with Crippen molar-refractivity contribution >= 4 is 55.5 Å². The molecule has 2 aliphatic heterocycles. The molecule has 1 saturated heterocycles. The molecule has 6 nitrogen and oxygen atoms in total. The quantitative estimate of drug-likeness (QED) is 0.320. The van der Waals surface area contributed by atoms with Gasteiger partial charge in [0.1, 0.15) is 23.8 Å². The topological polar surface area (TPSA) is 68.8 Å². The third-order valence-corrected chi connectivity index (χ3v) is 8.75. The summed E-state index contributed by atoms with van der Waals surface area (Å²) in [6.45, 7) is 6.44. The van der Waals surface area contributed by atoms with E-state index in [1.54, 1.807) is 11.0 Å². The number of carbonyl (C=O) groups is 1. The number of hydrogen-bond acceptors (Lipinski definition) is 5. The number of benzene rings is 2. The van der Waals surface area contributed by atoms with Crippen LogP contribution < -0.4 is 9.64 Å². The number of aryl methyl sites for hydroxylation is 1. The Bertz CT molecular complexity index is 1420. The first-order valence-electron chi connectivity index (χ1n) is 12.1. The number of amides is 1. The van der Waals surface area contributed by atoms with Crippen molar-refractivity contribution in [1.29, 1.82) is 0 Å². The molecule has 6 rings (SSSR count). The zero-order valence-corrected chi connectivity index (χ0v) is 21.2. The number of nitrogens with one attached hydrogen (secondary N) is 1. The number of anilines is 1. The van der Waals surface area contributed by atoms with E-state index in [4.69, 9.17) is 16.3 Å². The summed E-state index contributed by atoms with van der Waals surface area (Å²) in [5.41, 5.74) is 4.31. The molecular weight excluding hydrogens is 482 g/mol. The van der Waals surface area contributed by atoms with Crippen LogP contribution in [0.5, 0.6) is 11.5 Å². The number of halogens is 1. The van der Waals surface area contributed by atoms with E-state index < -0.39 is 0 Å². The lowest BCUT2D eigenvalue weighted by Crippen LogP contribution is -2.30. The first-order chi connectivity index (χ1) is 17.0. The molecule has 4 heterocycles. The Kier molecular flexibility index (Phi) is 5.87. The molecule has 0 unspecified atom stereocenters. The number of aromatic amines is 1. The van der Waals surface area contributed by atoms with Gasteiger partial charge in [0.15, 0.2) is 0 Å². The van der Waals surface area contributed by atoms with Crippen LogP contribution >= 0.6 is 22.9 Å². The fraction of sp³-hybridized carbons (Fsp3) is 0.370. The summed E-state index contributed by atoms with van der Waals surface area (Å²) in [6, 6.07) is 9.48. The number of phenolic OH excluding ortho intramolecular Hbond substituents is 1. The summed E-state index contributed by atoms with van der Waals surface area (Å²) in [5.74, 6) is 1.32. The number of nitrogens with zero attached hydrogens (tertiary/aromatic N) is 2. The standard InChI is InChI=1S/C27H28ClN3O3S/c1-16-15-35-26-23(32)12-22-25(24(16)26)18(13-28)14-31(22)27(33)21-11-17-10-19(4-5-20(17)29-21)34-9-8-30-6-2-3-7-30/h4-5,10-12,15,18,29,32H,2-3,6-9,13-14H2,1H3/t18-/m0/s1. The largest absolute Gasteiger partial charge is 0.506 e. The fourth-order valence-corrected chi connectivity index (χ4v) is 6.73. The van der Waals surface area contributed by atoms with Crippen LogP contribution in [0.15, 0.2) is 35.7 Å². The van der Waals surface area contributed by atoms with E-state index in [0.717, 1.165) is 63.2 Å². The highest BCUT2D eigenvalue weighted by Crippen LogP contribution is 2.48. The Morgan fingerprint density at radius 3 is 2.89 bits per heavy atom. The Morgan fingerprint density at radius 1 is 1.26 bits per heavy atom. The van der Waals surface area contributed by atoms with Gasteiger partial charge in [-0.15, -0.1) is 22.9 Å². The highest BCUT2D eigenvalue weighted by atomic mass is 35.5. The summed E-state index contributed by atoms with van der Waals surface area (Å²) in [5, 5.41) is 14.7. The number of thiophene rings is 1. The molecule has 2 aromatic carbocycles. The lowest BCUT2D eigenvalue weighted by Gasteiger charge is -2.17. The molecule has 1 amide bonds. The average molecular weight is 510 g/mol. The van der Waals surface area contributed by atoms with Gasteiger partial charge in [-0.1, -0.05) is 0 Å². The molecule has 0 aliphatic carbocycles. The lowest BCUT2D eigenvalue weighted by molar-refractivity contribution is 0.0984. The van der Waals surface area contributed by atoms with E-state index in [9.17, 15) is 9.90 Å². The number of likely N-dealkylation sites (tertiary alicyclic amines) is 1. The minimum Gasteiger partial charge on any atom is -0.506 e. The van der Waals surface area contributed by atoms with Crippen molar-refractivity contribution in [2.45, 2.75) is 25.7 Å². The number of alkyl halides is 1. The Labute approximate surface area is 213 Å². The molecule has 35 heavy (non-hydrogen) atoms. The van der Waals surface area contributed by atoms with Crippen molar-refractivity contribution in [2.75, 3.05) is 43.6 Å². The number of aromatic hydroxyl groups is 1. The molecule has 1 atom stereocenters. The SMILES string of the molecule is Cc1csc2c(O)cc3c(c12)[C@@H](CCl)CN3C(=O)c1cc2cc(OCCN3CCCC3)ccc2[nH]1. The Morgan fingerprint density at radius 2 is 2.09 bits per heavy atom.